The second kappa shape index (κ2) is 10.4. The van der Waals surface area contributed by atoms with Gasteiger partial charge in [-0.3, -0.25) is 4.18 Å². The molecule has 0 radical (unpaired) electrons. The van der Waals surface area contributed by atoms with Gasteiger partial charge in [0, 0.05) is 19.3 Å². The van der Waals surface area contributed by atoms with E-state index in [1.165, 1.54) is 12.1 Å². The van der Waals surface area contributed by atoms with Crippen LogP contribution in [-0.4, -0.2) is 28.6 Å². The number of hydrogen-bond donors (Lipinski definition) is 0. The smallest absolute Gasteiger partial charge is 0.297 e. The molecular weight excluding hydrogens is 398 g/mol. The molecule has 0 saturated carbocycles. The summed E-state index contributed by atoms with van der Waals surface area (Å²) in [7, 11) is -1.92. The standard InChI is InChI=1S/C23H23N3O3S/c1-18-5-13-22(14-6-18)30(27,28)29-16-15-26(4)21-11-9-20(10-12-21)8-7-19(2)23(17-24)25-3/h5-14H,15-16H2,1-2,4H3/b8-7+,23-19-. The molecule has 0 saturated heterocycles. The fourth-order valence-electron chi connectivity index (χ4n) is 2.53. The van der Waals surface area contributed by atoms with Gasteiger partial charge in [0.15, 0.2) is 0 Å². The van der Waals surface area contributed by atoms with E-state index in [9.17, 15) is 8.42 Å². The third-order valence-corrected chi connectivity index (χ3v) is 5.75. The number of allylic oxidation sites excluding steroid dienone is 3. The summed E-state index contributed by atoms with van der Waals surface area (Å²) >= 11 is 0. The number of nitrogens with zero attached hydrogens (tertiary/aromatic N) is 3. The molecule has 0 aliphatic heterocycles. The van der Waals surface area contributed by atoms with Crippen molar-refractivity contribution >= 4 is 21.9 Å². The number of aryl methyl sites for hydroxylation is 1. The van der Waals surface area contributed by atoms with Crippen molar-refractivity contribution in [1.29, 1.82) is 5.26 Å². The minimum atomic E-state index is -3.77. The highest BCUT2D eigenvalue weighted by Gasteiger charge is 2.15. The molecule has 154 valence electrons. The molecule has 0 unspecified atom stereocenters. The number of likely N-dealkylation sites (N-methyl/N-ethyl adjacent to an activating group) is 1. The molecule has 0 atom stereocenters. The zero-order valence-electron chi connectivity index (χ0n) is 17.2. The van der Waals surface area contributed by atoms with E-state index in [1.54, 1.807) is 25.1 Å². The van der Waals surface area contributed by atoms with Gasteiger partial charge >= 0.3 is 0 Å². The van der Waals surface area contributed by atoms with Crippen LogP contribution in [0.3, 0.4) is 0 Å². The summed E-state index contributed by atoms with van der Waals surface area (Å²) in [6, 6.07) is 16.0. The van der Waals surface area contributed by atoms with Crippen LogP contribution >= 0.6 is 0 Å². The monoisotopic (exact) mass is 421 g/mol. The second-order valence-corrected chi connectivity index (χ2v) is 8.31. The van der Waals surface area contributed by atoms with E-state index >= 15 is 0 Å². The third-order valence-electron chi connectivity index (χ3n) is 4.43. The Morgan fingerprint density at radius 2 is 1.83 bits per heavy atom. The van der Waals surface area contributed by atoms with Crippen LogP contribution in [0.5, 0.6) is 0 Å². The van der Waals surface area contributed by atoms with Crippen molar-refractivity contribution in [3.8, 4) is 6.07 Å². The van der Waals surface area contributed by atoms with Gasteiger partial charge in [-0.1, -0.05) is 42.0 Å². The molecule has 7 heteroatoms. The van der Waals surface area contributed by atoms with Crippen LogP contribution in [0.4, 0.5) is 5.69 Å². The van der Waals surface area contributed by atoms with Crippen LogP contribution in [-0.2, 0) is 14.3 Å². The van der Waals surface area contributed by atoms with E-state index in [4.69, 9.17) is 16.0 Å². The minimum absolute atomic E-state index is 0.0336. The van der Waals surface area contributed by atoms with Gasteiger partial charge in [0.2, 0.25) is 0 Å². The van der Waals surface area contributed by atoms with E-state index in [2.05, 4.69) is 4.85 Å². The summed E-state index contributed by atoms with van der Waals surface area (Å²) in [6.07, 6.45) is 3.57. The highest BCUT2D eigenvalue weighted by molar-refractivity contribution is 7.86. The van der Waals surface area contributed by atoms with Gasteiger partial charge in [-0.2, -0.15) is 8.42 Å². The third kappa shape index (κ3) is 6.31. The minimum Gasteiger partial charge on any atom is -0.372 e. The van der Waals surface area contributed by atoms with Crippen molar-refractivity contribution in [3.63, 3.8) is 0 Å². The van der Waals surface area contributed by atoms with E-state index < -0.39 is 10.1 Å². The second-order valence-electron chi connectivity index (χ2n) is 6.69. The summed E-state index contributed by atoms with van der Waals surface area (Å²) in [5.74, 6) is 0. The normalized spacial score (nSPS) is 12.2. The van der Waals surface area contributed by atoms with Crippen LogP contribution in [0, 0.1) is 24.8 Å². The molecule has 6 nitrogen and oxygen atoms in total. The van der Waals surface area contributed by atoms with Crippen molar-refractivity contribution in [1.82, 2.24) is 0 Å². The lowest BCUT2D eigenvalue weighted by Crippen LogP contribution is -2.24. The largest absolute Gasteiger partial charge is 0.372 e. The van der Waals surface area contributed by atoms with Crippen LogP contribution < -0.4 is 4.90 Å². The van der Waals surface area contributed by atoms with Crippen molar-refractivity contribution in [2.45, 2.75) is 18.7 Å². The van der Waals surface area contributed by atoms with Crippen molar-refractivity contribution in [3.05, 3.63) is 88.4 Å². The van der Waals surface area contributed by atoms with Gasteiger partial charge in [-0.25, -0.2) is 10.1 Å². The first-order valence-corrected chi connectivity index (χ1v) is 10.6. The maximum absolute atomic E-state index is 12.2. The average Bonchev–Trinajstić information content (AvgIpc) is 2.73. The van der Waals surface area contributed by atoms with Gasteiger partial charge in [-0.15, -0.1) is 0 Å². The Hall–Kier alpha value is -3.39. The van der Waals surface area contributed by atoms with E-state index in [0.29, 0.717) is 12.1 Å². The quantitative estimate of drug-likeness (QED) is 0.270. The Labute approximate surface area is 178 Å². The Morgan fingerprint density at radius 1 is 1.20 bits per heavy atom. The first-order chi connectivity index (χ1) is 14.3. The molecule has 0 amide bonds. The van der Waals surface area contributed by atoms with E-state index in [-0.39, 0.29) is 17.2 Å². The lowest BCUT2D eigenvalue weighted by molar-refractivity contribution is 0.325. The van der Waals surface area contributed by atoms with Crippen LogP contribution in [0.15, 0.2) is 70.8 Å². The molecule has 0 aromatic heterocycles. The van der Waals surface area contributed by atoms with Crippen LogP contribution in [0.2, 0.25) is 0 Å². The molecule has 0 heterocycles. The van der Waals surface area contributed by atoms with E-state index in [0.717, 1.165) is 16.8 Å². The van der Waals surface area contributed by atoms with E-state index in [1.807, 2.05) is 55.3 Å². The SMILES string of the molecule is [C-]#[N+]/C(C#N)=C(C)\C=C\c1ccc(N(C)CCOS(=O)(=O)c2ccc(C)cc2)cc1. The lowest BCUT2D eigenvalue weighted by atomic mass is 10.1. The number of anilines is 1. The van der Waals surface area contributed by atoms with Gasteiger partial charge < -0.3 is 4.90 Å². The molecule has 0 N–H and O–H groups in total. The number of nitriles is 1. The molecule has 0 aliphatic rings. The summed E-state index contributed by atoms with van der Waals surface area (Å²) in [4.78, 5) is 5.23. The Bertz CT molecular complexity index is 1100. The van der Waals surface area contributed by atoms with Crippen molar-refractivity contribution in [2.75, 3.05) is 25.1 Å². The zero-order valence-corrected chi connectivity index (χ0v) is 18.0. The molecule has 0 fully saturated rings. The van der Waals surface area contributed by atoms with Gasteiger partial charge in [0.1, 0.15) is 0 Å². The fraction of sp³-hybridized carbons (Fsp3) is 0.217. The molecule has 0 bridgehead atoms. The van der Waals surface area contributed by atoms with Gasteiger partial charge in [-0.05, 0) is 49.2 Å². The predicted octanol–water partition coefficient (Wildman–Crippen LogP) is 4.57. The van der Waals surface area contributed by atoms with Crippen LogP contribution in [0.25, 0.3) is 10.9 Å². The first-order valence-electron chi connectivity index (χ1n) is 9.20. The highest BCUT2D eigenvalue weighted by Crippen LogP contribution is 2.17. The Balaban J connectivity index is 1.94. The number of hydrogen-bond acceptors (Lipinski definition) is 5. The van der Waals surface area contributed by atoms with Crippen molar-refractivity contribution in [2.24, 2.45) is 0 Å². The number of rotatable bonds is 8. The zero-order chi connectivity index (χ0) is 22.1. The highest BCUT2D eigenvalue weighted by atomic mass is 32.2. The van der Waals surface area contributed by atoms with Gasteiger partial charge in [0.05, 0.1) is 24.1 Å². The molecule has 2 aromatic rings. The molecule has 2 rings (SSSR count). The maximum atomic E-state index is 12.2. The summed E-state index contributed by atoms with van der Waals surface area (Å²) in [6.45, 7) is 11.0. The predicted molar refractivity (Wildman–Crippen MR) is 118 cm³/mol. The maximum Gasteiger partial charge on any atom is 0.297 e. The van der Waals surface area contributed by atoms with Crippen LogP contribution in [0.1, 0.15) is 18.1 Å². The Kier molecular flexibility index (Phi) is 7.94. The summed E-state index contributed by atoms with van der Waals surface area (Å²) < 4.78 is 29.6. The topological polar surface area (TPSA) is 74.8 Å². The Morgan fingerprint density at radius 3 is 2.40 bits per heavy atom. The van der Waals surface area contributed by atoms with Gasteiger partial charge in [0.25, 0.3) is 15.8 Å². The first kappa shape index (κ1) is 22.9. The average molecular weight is 422 g/mol. The fourth-order valence-corrected chi connectivity index (χ4v) is 3.43. The molecule has 30 heavy (non-hydrogen) atoms. The molecular formula is C23H23N3O3S. The number of benzene rings is 2. The molecule has 0 spiro atoms. The summed E-state index contributed by atoms with van der Waals surface area (Å²) in [5, 5.41) is 8.88. The molecule has 2 aromatic carbocycles. The summed E-state index contributed by atoms with van der Waals surface area (Å²) in [5.41, 5.74) is 3.50. The lowest BCUT2D eigenvalue weighted by Gasteiger charge is -2.19. The van der Waals surface area contributed by atoms with Crippen molar-refractivity contribution < 1.29 is 12.6 Å². The molecule has 0 aliphatic carbocycles.